The van der Waals surface area contributed by atoms with E-state index in [-0.39, 0.29) is 24.0 Å². The highest BCUT2D eigenvalue weighted by atomic mass is 32.1. The van der Waals surface area contributed by atoms with Crippen molar-refractivity contribution in [2.24, 2.45) is 18.9 Å². The van der Waals surface area contributed by atoms with Gasteiger partial charge in [0.25, 0.3) is 5.88 Å². The molecule has 2 aliphatic rings. The zero-order chi connectivity index (χ0) is 32.7. The molecular weight excluding hydrogens is 596 g/mol. The topological polar surface area (TPSA) is 198 Å². The van der Waals surface area contributed by atoms with E-state index in [4.69, 9.17) is 24.4 Å². The third-order valence-corrected chi connectivity index (χ3v) is 7.04. The molecule has 15 nitrogen and oxygen atoms in total. The number of nitrogens with zero attached hydrogens (tertiary/aromatic N) is 5. The summed E-state index contributed by atoms with van der Waals surface area (Å²) in [6.45, 7) is 12.4. The van der Waals surface area contributed by atoms with Crippen molar-refractivity contribution in [1.29, 1.82) is 0 Å². The van der Waals surface area contributed by atoms with Gasteiger partial charge in [0.2, 0.25) is 5.82 Å². The lowest BCUT2D eigenvalue weighted by Crippen LogP contribution is -2.42. The molecule has 0 bridgehead atoms. The van der Waals surface area contributed by atoms with Crippen molar-refractivity contribution in [3.8, 4) is 5.88 Å². The zero-order valence-electron chi connectivity index (χ0n) is 25.8. The highest BCUT2D eigenvalue weighted by Crippen LogP contribution is 2.28. The second kappa shape index (κ2) is 18.3. The standard InChI is InChI=1S/C13H24N4O3S.C11H16N2O2.C4H4O4/c1-13(2,3)14-8-10(18)9-20-12-11(15-21-16-12)17-4-6-19-7-5-17;1-3-10-8(6-15-11(10)14)4-9-5-12-7-13(9)2;5-3(6)1-2-4(7)8/h10,14,18H,4-9H2,1-3H3;5,7-8,10H,3-4,6H2,1-2H3;1-2H,(H,5,6)(H,7,8)/b;;2-1-/t10-;8-,10-;/m00./s1. The number of carbonyl (C=O) groups excluding carboxylic acids is 1. The van der Waals surface area contributed by atoms with E-state index in [9.17, 15) is 19.5 Å². The van der Waals surface area contributed by atoms with Crippen molar-refractivity contribution in [2.75, 3.05) is 51.0 Å². The molecule has 4 N–H and O–H groups in total. The van der Waals surface area contributed by atoms with Gasteiger partial charge in [-0.25, -0.2) is 14.6 Å². The van der Waals surface area contributed by atoms with E-state index in [0.29, 0.717) is 50.3 Å². The number of cyclic esters (lactones) is 1. The summed E-state index contributed by atoms with van der Waals surface area (Å²) in [7, 11) is 1.97. The molecule has 246 valence electrons. The molecule has 2 aliphatic heterocycles. The van der Waals surface area contributed by atoms with Crippen LogP contribution in [0.15, 0.2) is 24.7 Å². The second-order valence-corrected chi connectivity index (χ2v) is 11.7. The molecule has 0 amide bonds. The number of morpholine rings is 1. The number of β-amino-alcohol motifs (C(OH)–C–C–N with tert-alkyl or cyclic N) is 1. The molecule has 2 saturated heterocycles. The number of hydrogen-bond acceptors (Lipinski definition) is 13. The van der Waals surface area contributed by atoms with Crippen molar-refractivity contribution in [3.63, 3.8) is 0 Å². The molecule has 0 unspecified atom stereocenters. The molecule has 2 aromatic rings. The van der Waals surface area contributed by atoms with Crippen molar-refractivity contribution < 1.29 is 43.9 Å². The highest BCUT2D eigenvalue weighted by molar-refractivity contribution is 6.99. The first-order chi connectivity index (χ1) is 20.8. The number of anilines is 1. The van der Waals surface area contributed by atoms with E-state index in [1.807, 2.05) is 24.7 Å². The van der Waals surface area contributed by atoms with Crippen LogP contribution in [0.1, 0.15) is 39.8 Å². The van der Waals surface area contributed by atoms with Crippen LogP contribution in [-0.2, 0) is 37.3 Å². The third kappa shape index (κ3) is 13.4. The lowest BCUT2D eigenvalue weighted by molar-refractivity contribution is -0.141. The fourth-order valence-electron chi connectivity index (χ4n) is 4.19. The van der Waals surface area contributed by atoms with Gasteiger partial charge in [0, 0.05) is 62.2 Å². The van der Waals surface area contributed by atoms with Crippen molar-refractivity contribution in [3.05, 3.63) is 30.4 Å². The fourth-order valence-corrected chi connectivity index (χ4v) is 4.71. The van der Waals surface area contributed by atoms with Crippen LogP contribution in [-0.4, -0.2) is 109 Å². The number of carboxylic acid groups (broad SMARTS) is 2. The molecule has 4 heterocycles. The number of aliphatic hydroxyl groups is 1. The van der Waals surface area contributed by atoms with Gasteiger partial charge in [-0.2, -0.15) is 4.37 Å². The number of aliphatic carboxylic acids is 2. The number of rotatable bonds is 11. The number of nitrogens with one attached hydrogen (secondary N) is 1. The maximum Gasteiger partial charge on any atom is 0.328 e. The molecule has 0 aromatic carbocycles. The SMILES string of the molecule is CC(C)(C)NC[C@H](O)COc1nsnc1N1CCOCC1.CC[C@@H]1C(=O)OC[C@@H]1Cc1cncn1C.O=C(O)/C=C\C(=O)O. The third-order valence-electron chi connectivity index (χ3n) is 6.54. The van der Waals surface area contributed by atoms with Gasteiger partial charge < -0.3 is 44.3 Å². The van der Waals surface area contributed by atoms with Crippen LogP contribution in [0.4, 0.5) is 5.82 Å². The van der Waals surface area contributed by atoms with Gasteiger partial charge in [0.15, 0.2) is 0 Å². The normalized spacial score (nSPS) is 19.0. The zero-order valence-corrected chi connectivity index (χ0v) is 26.7. The lowest BCUT2D eigenvalue weighted by Gasteiger charge is -2.27. The number of esters is 1. The molecule has 0 aliphatic carbocycles. The summed E-state index contributed by atoms with van der Waals surface area (Å²) in [6, 6.07) is 0. The van der Waals surface area contributed by atoms with Crippen LogP contribution >= 0.6 is 11.7 Å². The number of hydrogen-bond donors (Lipinski definition) is 4. The quantitative estimate of drug-likeness (QED) is 0.203. The Morgan fingerprint density at radius 2 is 1.86 bits per heavy atom. The minimum atomic E-state index is -1.26. The monoisotopic (exact) mass is 640 g/mol. The maximum atomic E-state index is 11.4. The molecule has 4 rings (SSSR count). The number of imidazole rings is 1. The first-order valence-electron chi connectivity index (χ1n) is 14.3. The number of carboxylic acids is 2. The number of carbonyl (C=O) groups is 3. The van der Waals surface area contributed by atoms with Gasteiger partial charge in [-0.1, -0.05) is 6.92 Å². The van der Waals surface area contributed by atoms with E-state index >= 15 is 0 Å². The Morgan fingerprint density at radius 1 is 1.20 bits per heavy atom. The summed E-state index contributed by atoms with van der Waals surface area (Å²) in [6.07, 6.45) is 5.92. The van der Waals surface area contributed by atoms with Gasteiger partial charge in [0.1, 0.15) is 12.7 Å². The van der Waals surface area contributed by atoms with E-state index < -0.39 is 18.0 Å². The van der Waals surface area contributed by atoms with E-state index in [1.165, 1.54) is 0 Å². The fraction of sp³-hybridized carbons (Fsp3) is 0.643. The van der Waals surface area contributed by atoms with Crippen LogP contribution < -0.4 is 15.0 Å². The van der Waals surface area contributed by atoms with Crippen LogP contribution in [0.3, 0.4) is 0 Å². The summed E-state index contributed by atoms with van der Waals surface area (Å²) < 4.78 is 26.5. The number of aromatic nitrogens is 4. The molecule has 2 fully saturated rings. The average molecular weight is 641 g/mol. The second-order valence-electron chi connectivity index (χ2n) is 11.2. The molecule has 0 saturated carbocycles. The molecule has 2 aromatic heterocycles. The summed E-state index contributed by atoms with van der Waals surface area (Å²) >= 11 is 1.12. The maximum absolute atomic E-state index is 11.4. The van der Waals surface area contributed by atoms with Crippen molar-refractivity contribution >= 4 is 35.5 Å². The van der Waals surface area contributed by atoms with Crippen LogP contribution in [0.5, 0.6) is 5.88 Å². The highest BCUT2D eigenvalue weighted by Gasteiger charge is 2.35. The van der Waals surface area contributed by atoms with Gasteiger partial charge in [-0.15, -0.1) is 4.37 Å². The molecule has 16 heteroatoms. The predicted octanol–water partition coefficient (Wildman–Crippen LogP) is 1.38. The molecule has 0 radical (unpaired) electrons. The van der Waals surface area contributed by atoms with Gasteiger partial charge >= 0.3 is 17.9 Å². The largest absolute Gasteiger partial charge is 0.478 e. The smallest absolute Gasteiger partial charge is 0.328 e. The summed E-state index contributed by atoms with van der Waals surface area (Å²) in [5.41, 5.74) is 1.14. The number of ether oxygens (including phenoxy) is 3. The molecule has 3 atom stereocenters. The van der Waals surface area contributed by atoms with Crippen LogP contribution in [0.2, 0.25) is 0 Å². The first-order valence-corrected chi connectivity index (χ1v) is 15.0. The molecule has 44 heavy (non-hydrogen) atoms. The number of aliphatic hydroxyl groups excluding tert-OH is 1. The van der Waals surface area contributed by atoms with Gasteiger partial charge in [-0.3, -0.25) is 4.79 Å². The Balaban J connectivity index is 0.000000255. The summed E-state index contributed by atoms with van der Waals surface area (Å²) in [5.74, 6) is -0.918. The summed E-state index contributed by atoms with van der Waals surface area (Å²) in [4.78, 5) is 36.7. The summed E-state index contributed by atoms with van der Waals surface area (Å²) in [5, 5.41) is 28.8. The number of aryl methyl sites for hydroxylation is 1. The molecular formula is C28H44N6O9S. The van der Waals surface area contributed by atoms with Gasteiger partial charge in [-0.05, 0) is 33.6 Å². The van der Waals surface area contributed by atoms with E-state index in [2.05, 4.69) is 44.7 Å². The average Bonchev–Trinajstić information content (AvgIpc) is 3.71. The lowest BCUT2D eigenvalue weighted by atomic mass is 9.89. The minimum absolute atomic E-state index is 0.0257. The van der Waals surface area contributed by atoms with Crippen LogP contribution in [0.25, 0.3) is 0 Å². The Kier molecular flexibility index (Phi) is 15.2. The minimum Gasteiger partial charge on any atom is -0.478 e. The predicted molar refractivity (Wildman–Crippen MR) is 162 cm³/mol. The van der Waals surface area contributed by atoms with Crippen LogP contribution in [0, 0.1) is 11.8 Å². The van der Waals surface area contributed by atoms with E-state index in [1.54, 1.807) is 6.33 Å². The Bertz CT molecular complexity index is 1190. The van der Waals surface area contributed by atoms with Gasteiger partial charge in [0.05, 0.1) is 43.8 Å². The Labute approximate surface area is 261 Å². The first kappa shape index (κ1) is 36.6. The Hall–Kier alpha value is -3.60. The van der Waals surface area contributed by atoms with Crippen molar-refractivity contribution in [2.45, 2.75) is 52.2 Å². The molecule has 0 spiro atoms. The Morgan fingerprint density at radius 3 is 2.41 bits per heavy atom. The van der Waals surface area contributed by atoms with E-state index in [0.717, 1.165) is 49.2 Å². The van der Waals surface area contributed by atoms with Crippen molar-refractivity contribution in [1.82, 2.24) is 23.6 Å².